The van der Waals surface area contributed by atoms with Gasteiger partial charge in [0.1, 0.15) is 0 Å². The Labute approximate surface area is 127 Å². The highest BCUT2D eigenvalue weighted by atomic mass is 16.4. The van der Waals surface area contributed by atoms with E-state index in [0.717, 1.165) is 0 Å². The van der Waals surface area contributed by atoms with E-state index in [-0.39, 0.29) is 24.4 Å². The molecule has 0 saturated heterocycles. The van der Waals surface area contributed by atoms with Gasteiger partial charge in [0.2, 0.25) is 0 Å². The average Bonchev–Trinajstić information content (AvgIpc) is 2.37. The maximum Gasteiger partial charge on any atom is 0.305 e. The molecule has 6 nitrogen and oxygen atoms in total. The Hall–Kier alpha value is -1.14. The molecule has 0 aliphatic rings. The van der Waals surface area contributed by atoms with Gasteiger partial charge in [-0.2, -0.15) is 0 Å². The molecule has 2 atom stereocenters. The Morgan fingerprint density at radius 3 is 1.38 bits per heavy atom. The quantitative estimate of drug-likeness (QED) is 0.620. The maximum absolute atomic E-state index is 9.70. The molecule has 4 N–H and O–H groups in total. The number of hydrogen-bond donors (Lipinski definition) is 4. The van der Waals surface area contributed by atoms with Crippen LogP contribution in [0.25, 0.3) is 0 Å². The molecule has 0 radical (unpaired) electrons. The van der Waals surface area contributed by atoms with E-state index >= 15 is 0 Å². The van der Waals surface area contributed by atoms with Crippen LogP contribution in [0.5, 0.6) is 0 Å². The zero-order valence-corrected chi connectivity index (χ0v) is 14.3. The van der Waals surface area contributed by atoms with Crippen LogP contribution >= 0.6 is 0 Å². The molecule has 0 aliphatic carbocycles. The molecule has 0 rings (SSSR count). The number of rotatable bonds is 5. The van der Waals surface area contributed by atoms with E-state index in [1.165, 1.54) is 0 Å². The van der Waals surface area contributed by atoms with Crippen molar-refractivity contribution in [3.05, 3.63) is 0 Å². The van der Waals surface area contributed by atoms with Gasteiger partial charge in [0.25, 0.3) is 0 Å². The fraction of sp³-hybridized carbons (Fsp3) is 0.867. The number of carboxylic acid groups (broad SMARTS) is 2. The van der Waals surface area contributed by atoms with Gasteiger partial charge in [-0.15, -0.1) is 0 Å². The minimum absolute atomic E-state index is 0.0579. The van der Waals surface area contributed by atoms with Gasteiger partial charge in [0, 0.05) is 12.3 Å². The Balaban J connectivity index is -0.000000252. The van der Waals surface area contributed by atoms with Crippen molar-refractivity contribution in [1.82, 2.24) is 0 Å². The van der Waals surface area contributed by atoms with E-state index in [0.29, 0.717) is 6.42 Å². The first kappa shape index (κ1) is 24.9. The first-order valence-corrected chi connectivity index (χ1v) is 7.16. The molecule has 21 heavy (non-hydrogen) atoms. The SMILES string of the molecule is CC(C)C(=O)O.CCC(=O)O.CCC(O)C(C)C(C)(C)O. The van der Waals surface area contributed by atoms with Crippen LogP contribution in [0, 0.1) is 11.8 Å². The largest absolute Gasteiger partial charge is 0.481 e. The van der Waals surface area contributed by atoms with Gasteiger partial charge in [-0.3, -0.25) is 9.59 Å². The second kappa shape index (κ2) is 12.6. The fourth-order valence-electron chi connectivity index (χ4n) is 0.824. The van der Waals surface area contributed by atoms with E-state index in [9.17, 15) is 19.8 Å². The van der Waals surface area contributed by atoms with Gasteiger partial charge in [-0.05, 0) is 20.3 Å². The van der Waals surface area contributed by atoms with Crippen LogP contribution in [0.2, 0.25) is 0 Å². The highest BCUT2D eigenvalue weighted by Crippen LogP contribution is 2.20. The second-order valence-corrected chi connectivity index (χ2v) is 5.66. The molecule has 0 aromatic heterocycles. The average molecular weight is 308 g/mol. The van der Waals surface area contributed by atoms with Crippen LogP contribution in [0.15, 0.2) is 0 Å². The molecular weight excluding hydrogens is 276 g/mol. The minimum atomic E-state index is -0.768. The normalized spacial score (nSPS) is 13.2. The fourth-order valence-corrected chi connectivity index (χ4v) is 0.824. The van der Waals surface area contributed by atoms with Crippen LogP contribution in [-0.4, -0.2) is 44.1 Å². The molecule has 0 spiro atoms. The molecule has 0 heterocycles. The summed E-state index contributed by atoms with van der Waals surface area (Å²) < 4.78 is 0. The minimum Gasteiger partial charge on any atom is -0.481 e. The first-order chi connectivity index (χ1) is 9.30. The number of carbonyl (C=O) groups is 2. The van der Waals surface area contributed by atoms with Crippen molar-refractivity contribution in [2.45, 2.75) is 73.0 Å². The summed E-state index contributed by atoms with van der Waals surface area (Å²) in [7, 11) is 0. The number of aliphatic carboxylic acids is 2. The molecule has 0 aromatic rings. The molecule has 6 heteroatoms. The summed E-state index contributed by atoms with van der Waals surface area (Å²) in [6.07, 6.45) is 0.533. The van der Waals surface area contributed by atoms with E-state index in [1.54, 1.807) is 34.6 Å². The summed E-state index contributed by atoms with van der Waals surface area (Å²) in [4.78, 5) is 19.1. The molecule has 0 amide bonds. The Bertz CT molecular complexity index is 280. The lowest BCUT2D eigenvalue weighted by atomic mass is 9.87. The summed E-state index contributed by atoms with van der Waals surface area (Å²) in [5.74, 6) is -1.78. The standard InChI is InChI=1S/C8H18O2.C4H8O2.C3H6O2/c1-5-7(9)6(2)8(3,4)10;1-3(2)4(5)6;1-2-3(4)5/h6-7,9-10H,5H2,1-4H3;3H,1-2H3,(H,5,6);2H2,1H3,(H,4,5). The molecule has 0 aliphatic heterocycles. The summed E-state index contributed by atoms with van der Waals surface area (Å²) in [6, 6.07) is 0. The number of aliphatic hydroxyl groups is 2. The van der Waals surface area contributed by atoms with Crippen molar-refractivity contribution in [2.24, 2.45) is 11.8 Å². The van der Waals surface area contributed by atoms with Crippen LogP contribution < -0.4 is 0 Å². The third kappa shape index (κ3) is 18.9. The lowest BCUT2D eigenvalue weighted by Crippen LogP contribution is -2.36. The monoisotopic (exact) mass is 308 g/mol. The van der Waals surface area contributed by atoms with Crippen LogP contribution in [0.3, 0.4) is 0 Å². The van der Waals surface area contributed by atoms with Crippen molar-refractivity contribution < 1.29 is 30.0 Å². The van der Waals surface area contributed by atoms with Gasteiger partial charge < -0.3 is 20.4 Å². The van der Waals surface area contributed by atoms with Gasteiger partial charge in [0.15, 0.2) is 0 Å². The van der Waals surface area contributed by atoms with E-state index in [2.05, 4.69) is 0 Å². The predicted octanol–water partition coefficient (Wildman–Crippen LogP) is 2.37. The predicted molar refractivity (Wildman–Crippen MR) is 82.2 cm³/mol. The lowest BCUT2D eigenvalue weighted by Gasteiger charge is -2.29. The van der Waals surface area contributed by atoms with Crippen molar-refractivity contribution in [1.29, 1.82) is 0 Å². The molecule has 0 saturated carbocycles. The highest BCUT2D eigenvalue weighted by Gasteiger charge is 2.27. The topological polar surface area (TPSA) is 115 Å². The lowest BCUT2D eigenvalue weighted by molar-refractivity contribution is -0.140. The molecule has 128 valence electrons. The first-order valence-electron chi connectivity index (χ1n) is 7.16. The van der Waals surface area contributed by atoms with Crippen LogP contribution in [0.1, 0.15) is 61.3 Å². The molecule has 2 unspecified atom stereocenters. The van der Waals surface area contributed by atoms with Crippen molar-refractivity contribution in [3.8, 4) is 0 Å². The second-order valence-electron chi connectivity index (χ2n) is 5.66. The van der Waals surface area contributed by atoms with Crippen molar-refractivity contribution >= 4 is 11.9 Å². The zero-order valence-electron chi connectivity index (χ0n) is 14.3. The Morgan fingerprint density at radius 1 is 1.05 bits per heavy atom. The summed E-state index contributed by atoms with van der Waals surface area (Å²) in [5.41, 5.74) is -0.768. The van der Waals surface area contributed by atoms with E-state index in [4.69, 9.17) is 10.2 Å². The summed E-state index contributed by atoms with van der Waals surface area (Å²) in [5, 5.41) is 34.4. The molecule has 0 bridgehead atoms. The summed E-state index contributed by atoms with van der Waals surface area (Å²) >= 11 is 0. The molecule has 0 aromatic carbocycles. The third-order valence-electron chi connectivity index (χ3n) is 2.91. The molecular formula is C15H32O6. The van der Waals surface area contributed by atoms with Crippen molar-refractivity contribution in [3.63, 3.8) is 0 Å². The van der Waals surface area contributed by atoms with Crippen LogP contribution in [0.4, 0.5) is 0 Å². The summed E-state index contributed by atoms with van der Waals surface area (Å²) in [6.45, 7) is 12.1. The van der Waals surface area contributed by atoms with E-state index < -0.39 is 17.5 Å². The Morgan fingerprint density at radius 2 is 1.33 bits per heavy atom. The smallest absolute Gasteiger partial charge is 0.305 e. The Kier molecular flexibility index (Phi) is 14.9. The van der Waals surface area contributed by atoms with Gasteiger partial charge >= 0.3 is 11.9 Å². The number of aliphatic hydroxyl groups excluding tert-OH is 1. The number of hydrogen-bond acceptors (Lipinski definition) is 4. The zero-order chi connectivity index (χ0) is 17.8. The van der Waals surface area contributed by atoms with Gasteiger partial charge in [-0.1, -0.05) is 34.6 Å². The van der Waals surface area contributed by atoms with Gasteiger partial charge in [-0.25, -0.2) is 0 Å². The van der Waals surface area contributed by atoms with Gasteiger partial charge in [0.05, 0.1) is 17.6 Å². The highest BCUT2D eigenvalue weighted by molar-refractivity contribution is 5.68. The number of carboxylic acids is 2. The van der Waals surface area contributed by atoms with Crippen molar-refractivity contribution in [2.75, 3.05) is 0 Å². The maximum atomic E-state index is 9.70. The van der Waals surface area contributed by atoms with E-state index in [1.807, 2.05) is 13.8 Å². The third-order valence-corrected chi connectivity index (χ3v) is 2.91. The van der Waals surface area contributed by atoms with Crippen LogP contribution in [-0.2, 0) is 9.59 Å². The molecule has 0 fully saturated rings.